The van der Waals surface area contributed by atoms with E-state index in [9.17, 15) is 29.4 Å². The first-order valence-electron chi connectivity index (χ1n) is 20.4. The minimum atomic E-state index is -1.22. The van der Waals surface area contributed by atoms with Gasteiger partial charge in [0.1, 0.15) is 12.1 Å². The number of benzene rings is 2. The molecule has 5 unspecified atom stereocenters. The molecule has 0 aliphatic heterocycles. The smallest absolute Gasteiger partial charge is 0.407 e. The number of nitrogens with zero attached hydrogens (tertiary/aromatic N) is 4. The molecule has 0 bridgehead atoms. The van der Waals surface area contributed by atoms with E-state index in [4.69, 9.17) is 4.74 Å². The van der Waals surface area contributed by atoms with Gasteiger partial charge in [0.2, 0.25) is 17.7 Å². The third kappa shape index (κ3) is 12.4. The van der Waals surface area contributed by atoms with Crippen molar-refractivity contribution in [3.05, 3.63) is 136 Å². The summed E-state index contributed by atoms with van der Waals surface area (Å²) in [6.45, 7) is 12.8. The van der Waals surface area contributed by atoms with E-state index in [0.717, 1.165) is 28.1 Å². The molecule has 0 aliphatic carbocycles. The summed E-state index contributed by atoms with van der Waals surface area (Å²) in [4.78, 5) is 63.9. The van der Waals surface area contributed by atoms with Gasteiger partial charge in [0.15, 0.2) is 0 Å². The molecule has 14 nitrogen and oxygen atoms in total. The topological polar surface area (TPSA) is 190 Å². The number of aromatic nitrogens is 4. The minimum absolute atomic E-state index is 0.00138. The number of imidazole rings is 1. The number of carbonyl (C=O) groups excluding carboxylic acids is 3. The van der Waals surface area contributed by atoms with Crippen LogP contribution in [-0.2, 0) is 33.7 Å². The lowest BCUT2D eigenvalue weighted by molar-refractivity contribution is -0.129. The predicted molar refractivity (Wildman–Crippen MR) is 234 cm³/mol. The maximum Gasteiger partial charge on any atom is 0.407 e. The predicted octanol–water partition coefficient (Wildman–Crippen LogP) is 5.73. The lowest BCUT2D eigenvalue weighted by Crippen LogP contribution is -2.57. The SMILES string of the molecule is COC(=O)NC(C(=O)NC(Cc1ccc(-c2ccccn2)cc1)CC(O)C(Cc1ccccc1)NC(=O)C(n1cc(O)n(Cc2cccc(C)n2)c1=O)C(C)(C)C)C(C)(C)C. The Labute approximate surface area is 357 Å². The summed E-state index contributed by atoms with van der Waals surface area (Å²) in [7, 11) is 1.23. The Morgan fingerprint density at radius 3 is 2.07 bits per heavy atom. The minimum Gasteiger partial charge on any atom is -0.493 e. The maximum absolute atomic E-state index is 14.6. The highest BCUT2D eigenvalue weighted by Crippen LogP contribution is 2.32. The van der Waals surface area contributed by atoms with Crippen molar-refractivity contribution in [1.82, 2.24) is 35.1 Å². The number of aromatic hydroxyl groups is 1. The third-order valence-electron chi connectivity index (χ3n) is 10.5. The highest BCUT2D eigenvalue weighted by molar-refractivity contribution is 5.86. The third-order valence-corrected chi connectivity index (χ3v) is 10.5. The normalized spacial score (nSPS) is 14.2. The van der Waals surface area contributed by atoms with Gasteiger partial charge in [-0.2, -0.15) is 0 Å². The van der Waals surface area contributed by atoms with Crippen LogP contribution in [0.15, 0.2) is 108 Å². The van der Waals surface area contributed by atoms with Crippen LogP contribution in [-0.4, -0.2) is 78.6 Å². The summed E-state index contributed by atoms with van der Waals surface area (Å²) in [6, 6.07) is 24.6. The summed E-state index contributed by atoms with van der Waals surface area (Å²) < 4.78 is 7.22. The number of carbonyl (C=O) groups is 3. The van der Waals surface area contributed by atoms with Gasteiger partial charge >= 0.3 is 11.8 Å². The molecule has 0 fully saturated rings. The van der Waals surface area contributed by atoms with Crippen LogP contribution in [0.2, 0.25) is 0 Å². The molecule has 5 atom stereocenters. The van der Waals surface area contributed by atoms with Gasteiger partial charge in [-0.25, -0.2) is 9.59 Å². The number of hydrogen-bond donors (Lipinski definition) is 5. The van der Waals surface area contributed by atoms with Gasteiger partial charge in [0.25, 0.3) is 0 Å². The largest absolute Gasteiger partial charge is 0.493 e. The quantitative estimate of drug-likeness (QED) is 0.0827. The molecule has 3 aromatic heterocycles. The number of aliphatic hydroxyl groups excluding tert-OH is 1. The van der Waals surface area contributed by atoms with Crippen molar-refractivity contribution in [2.24, 2.45) is 10.8 Å². The summed E-state index contributed by atoms with van der Waals surface area (Å²) in [5.74, 6) is -1.33. The molecule has 324 valence electrons. The van der Waals surface area contributed by atoms with E-state index in [-0.39, 0.29) is 25.3 Å². The number of hydrogen-bond acceptors (Lipinski definition) is 9. The van der Waals surface area contributed by atoms with Gasteiger partial charge in [0.05, 0.1) is 43.4 Å². The Hall–Kier alpha value is -6.28. The first-order chi connectivity index (χ1) is 28.8. The second-order valence-electron chi connectivity index (χ2n) is 17.7. The number of methoxy groups -OCH3 is 1. The molecule has 0 aliphatic rings. The molecule has 0 radical (unpaired) electrons. The van der Waals surface area contributed by atoms with Crippen LogP contribution >= 0.6 is 0 Å². The monoisotopic (exact) mass is 833 g/mol. The van der Waals surface area contributed by atoms with Crippen molar-refractivity contribution in [2.75, 3.05) is 7.11 Å². The number of pyridine rings is 2. The highest BCUT2D eigenvalue weighted by atomic mass is 16.5. The summed E-state index contributed by atoms with van der Waals surface area (Å²) in [6.07, 6.45) is 1.53. The molecular weight excluding hydrogens is 775 g/mol. The number of rotatable bonds is 16. The Bertz CT molecular complexity index is 2300. The van der Waals surface area contributed by atoms with Crippen molar-refractivity contribution >= 4 is 17.9 Å². The molecule has 14 heteroatoms. The maximum atomic E-state index is 14.6. The van der Waals surface area contributed by atoms with E-state index in [1.807, 2.05) is 133 Å². The number of aryl methyl sites for hydroxylation is 1. The van der Waals surface area contributed by atoms with Gasteiger partial charge in [-0.15, -0.1) is 0 Å². The van der Waals surface area contributed by atoms with Gasteiger partial charge in [0, 0.05) is 23.5 Å². The van der Waals surface area contributed by atoms with E-state index in [1.165, 1.54) is 22.4 Å². The van der Waals surface area contributed by atoms with Crippen LogP contribution in [0.1, 0.15) is 76.5 Å². The van der Waals surface area contributed by atoms with E-state index in [2.05, 4.69) is 25.9 Å². The average Bonchev–Trinajstić information content (AvgIpc) is 3.47. The average molecular weight is 834 g/mol. The molecule has 3 amide bonds. The van der Waals surface area contributed by atoms with Crippen molar-refractivity contribution in [3.8, 4) is 17.1 Å². The molecule has 0 saturated carbocycles. The van der Waals surface area contributed by atoms with Gasteiger partial charge in [-0.3, -0.25) is 28.7 Å². The molecule has 5 rings (SSSR count). The van der Waals surface area contributed by atoms with Crippen LogP contribution in [0.5, 0.6) is 5.88 Å². The van der Waals surface area contributed by atoms with Gasteiger partial charge in [-0.05, 0) is 72.4 Å². The highest BCUT2D eigenvalue weighted by Gasteiger charge is 2.39. The number of nitrogens with one attached hydrogen (secondary N) is 3. The van der Waals surface area contributed by atoms with Crippen molar-refractivity contribution in [3.63, 3.8) is 0 Å². The summed E-state index contributed by atoms with van der Waals surface area (Å²) in [5.41, 5.74) is 2.61. The number of amides is 3. The van der Waals surface area contributed by atoms with Gasteiger partial charge < -0.3 is 30.9 Å². The van der Waals surface area contributed by atoms with Crippen molar-refractivity contribution in [2.45, 2.75) is 105 Å². The number of aliphatic hydroxyl groups is 1. The van der Waals surface area contributed by atoms with Crippen LogP contribution in [0.3, 0.4) is 0 Å². The van der Waals surface area contributed by atoms with E-state index >= 15 is 0 Å². The number of alkyl carbamates (subject to hydrolysis) is 1. The summed E-state index contributed by atoms with van der Waals surface area (Å²) in [5, 5.41) is 32.0. The second-order valence-corrected chi connectivity index (χ2v) is 17.7. The zero-order valence-electron chi connectivity index (χ0n) is 36.3. The Balaban J connectivity index is 1.47. The molecule has 3 heterocycles. The lowest BCUT2D eigenvalue weighted by atomic mass is 9.85. The van der Waals surface area contributed by atoms with Crippen molar-refractivity contribution in [1.29, 1.82) is 0 Å². The van der Waals surface area contributed by atoms with E-state index < -0.39 is 64.7 Å². The Kier molecular flexibility index (Phi) is 14.9. The lowest BCUT2D eigenvalue weighted by Gasteiger charge is -2.35. The fourth-order valence-corrected chi connectivity index (χ4v) is 7.43. The first kappa shape index (κ1) is 45.8. The standard InChI is InChI=1S/C47H59N7O7/c1-30-15-14-18-34(49-30)28-53-39(56)29-54(45(53)60)41(47(5,6)7)43(58)51-37(26-31-16-10-9-11-17-31)38(55)27-35(50-42(57)40(46(2,3)4)52-44(59)61-8)25-32-20-22-33(23-21-32)36-19-12-13-24-48-36/h9-24,29,35,37-38,40-41,55-56H,25-28H2,1-8H3,(H,50,57)(H,51,58)(H,52,59). The van der Waals surface area contributed by atoms with Gasteiger partial charge in [-0.1, -0.05) is 108 Å². The second kappa shape index (κ2) is 19.9. The van der Waals surface area contributed by atoms with Crippen LogP contribution in [0.4, 0.5) is 4.79 Å². The fraction of sp³-hybridized carbons (Fsp3) is 0.404. The molecule has 0 saturated heterocycles. The van der Waals surface area contributed by atoms with Crippen LogP contribution in [0, 0.1) is 17.8 Å². The molecule has 5 N–H and O–H groups in total. The molecule has 5 aromatic rings. The Morgan fingerprint density at radius 1 is 0.787 bits per heavy atom. The molecular formula is C47H59N7O7. The van der Waals surface area contributed by atoms with Crippen LogP contribution in [0.25, 0.3) is 11.3 Å². The van der Waals surface area contributed by atoms with Crippen LogP contribution < -0.4 is 21.6 Å². The molecule has 2 aromatic carbocycles. The van der Waals surface area contributed by atoms with E-state index in [0.29, 0.717) is 12.1 Å². The zero-order chi connectivity index (χ0) is 44.5. The fourth-order valence-electron chi connectivity index (χ4n) is 7.43. The molecule has 61 heavy (non-hydrogen) atoms. The molecule has 0 spiro atoms. The van der Waals surface area contributed by atoms with E-state index in [1.54, 1.807) is 12.3 Å². The first-order valence-corrected chi connectivity index (χ1v) is 20.4. The summed E-state index contributed by atoms with van der Waals surface area (Å²) >= 11 is 0. The van der Waals surface area contributed by atoms with Crippen molar-refractivity contribution < 1.29 is 29.3 Å². The zero-order valence-corrected chi connectivity index (χ0v) is 36.3. The number of ether oxygens (including phenoxy) is 1. The Morgan fingerprint density at radius 2 is 1.46 bits per heavy atom.